The second-order valence-electron chi connectivity index (χ2n) is 7.18. The Labute approximate surface area is 161 Å². The van der Waals surface area contributed by atoms with E-state index < -0.39 is 0 Å². The lowest BCUT2D eigenvalue weighted by molar-refractivity contribution is 0.247. The van der Waals surface area contributed by atoms with E-state index in [9.17, 15) is 0 Å². The standard InChI is InChI=1S/C23H26N4/c1-2-11-25-23(9-1)22-8-3-6-20(16-22)18-26-12-5-13-27(15-14-26)19-21-7-4-10-24-17-21/h1-4,6-11,16-17H,5,12-15,18-19H2. The topological polar surface area (TPSA) is 32.3 Å². The Morgan fingerprint density at radius 1 is 0.741 bits per heavy atom. The molecule has 1 saturated heterocycles. The van der Waals surface area contributed by atoms with Crippen molar-refractivity contribution in [3.63, 3.8) is 0 Å². The molecule has 0 unspecified atom stereocenters. The van der Waals surface area contributed by atoms with Crippen LogP contribution in [0.1, 0.15) is 17.5 Å². The molecule has 4 nitrogen and oxygen atoms in total. The van der Waals surface area contributed by atoms with Crippen molar-refractivity contribution in [3.8, 4) is 11.3 Å². The Bertz CT molecular complexity index is 835. The fourth-order valence-electron chi connectivity index (χ4n) is 3.71. The fourth-order valence-corrected chi connectivity index (χ4v) is 3.71. The van der Waals surface area contributed by atoms with Crippen molar-refractivity contribution < 1.29 is 0 Å². The maximum Gasteiger partial charge on any atom is 0.0702 e. The first-order valence-corrected chi connectivity index (χ1v) is 9.71. The zero-order valence-electron chi connectivity index (χ0n) is 15.7. The summed E-state index contributed by atoms with van der Waals surface area (Å²) in [6.45, 7) is 6.51. The van der Waals surface area contributed by atoms with E-state index in [2.05, 4.69) is 56.2 Å². The van der Waals surface area contributed by atoms with Gasteiger partial charge in [0.05, 0.1) is 5.69 Å². The molecule has 4 heteroatoms. The summed E-state index contributed by atoms with van der Waals surface area (Å²) in [5.41, 5.74) is 4.90. The number of rotatable bonds is 5. The zero-order chi connectivity index (χ0) is 18.3. The number of aromatic nitrogens is 2. The van der Waals surface area contributed by atoms with Gasteiger partial charge in [0.15, 0.2) is 0 Å². The van der Waals surface area contributed by atoms with Gasteiger partial charge in [0.2, 0.25) is 0 Å². The molecular formula is C23H26N4. The molecule has 0 bridgehead atoms. The minimum Gasteiger partial charge on any atom is -0.298 e. The van der Waals surface area contributed by atoms with Gasteiger partial charge in [-0.1, -0.05) is 30.3 Å². The van der Waals surface area contributed by atoms with Crippen LogP contribution < -0.4 is 0 Å². The van der Waals surface area contributed by atoms with Crippen molar-refractivity contribution in [2.24, 2.45) is 0 Å². The van der Waals surface area contributed by atoms with E-state index in [1.165, 1.54) is 23.1 Å². The molecular weight excluding hydrogens is 332 g/mol. The number of hydrogen-bond acceptors (Lipinski definition) is 4. The average molecular weight is 358 g/mol. The minimum absolute atomic E-state index is 0.997. The average Bonchev–Trinajstić information content (AvgIpc) is 2.95. The van der Waals surface area contributed by atoms with Crippen molar-refractivity contribution in [1.82, 2.24) is 19.8 Å². The second kappa shape index (κ2) is 8.89. The molecule has 3 heterocycles. The highest BCUT2D eigenvalue weighted by Crippen LogP contribution is 2.19. The Kier molecular flexibility index (Phi) is 5.87. The molecule has 2 aromatic heterocycles. The second-order valence-corrected chi connectivity index (χ2v) is 7.18. The Morgan fingerprint density at radius 3 is 2.30 bits per heavy atom. The summed E-state index contributed by atoms with van der Waals surface area (Å²) in [6.07, 6.45) is 6.88. The molecule has 138 valence electrons. The van der Waals surface area contributed by atoms with Gasteiger partial charge in [-0.25, -0.2) is 0 Å². The van der Waals surface area contributed by atoms with Crippen LogP contribution in [-0.2, 0) is 13.1 Å². The van der Waals surface area contributed by atoms with Crippen molar-refractivity contribution in [2.45, 2.75) is 19.5 Å². The van der Waals surface area contributed by atoms with Gasteiger partial charge < -0.3 is 0 Å². The molecule has 0 atom stereocenters. The van der Waals surface area contributed by atoms with E-state index in [-0.39, 0.29) is 0 Å². The highest BCUT2D eigenvalue weighted by Gasteiger charge is 2.15. The molecule has 1 aliphatic rings. The SMILES string of the molecule is c1ccc(-c2cccc(CN3CCCN(Cc4cccnc4)CC3)c2)nc1. The fraction of sp³-hybridized carbons (Fsp3) is 0.304. The molecule has 0 saturated carbocycles. The third-order valence-corrected chi connectivity index (χ3v) is 5.10. The number of pyridine rings is 2. The lowest BCUT2D eigenvalue weighted by Gasteiger charge is -2.22. The molecule has 0 amide bonds. The van der Waals surface area contributed by atoms with Crippen molar-refractivity contribution >= 4 is 0 Å². The normalized spacial score (nSPS) is 16.1. The lowest BCUT2D eigenvalue weighted by atomic mass is 10.1. The van der Waals surface area contributed by atoms with Gasteiger partial charge in [-0.15, -0.1) is 0 Å². The van der Waals surface area contributed by atoms with Crippen molar-refractivity contribution in [1.29, 1.82) is 0 Å². The van der Waals surface area contributed by atoms with Crippen LogP contribution in [0, 0.1) is 0 Å². The minimum atomic E-state index is 0.997. The summed E-state index contributed by atoms with van der Waals surface area (Å²) < 4.78 is 0. The van der Waals surface area contributed by atoms with E-state index in [1.54, 1.807) is 0 Å². The zero-order valence-corrected chi connectivity index (χ0v) is 15.7. The van der Waals surface area contributed by atoms with Crippen molar-refractivity contribution in [2.75, 3.05) is 26.2 Å². The molecule has 0 N–H and O–H groups in total. The highest BCUT2D eigenvalue weighted by atomic mass is 15.2. The van der Waals surface area contributed by atoms with Gasteiger partial charge in [0.1, 0.15) is 0 Å². The van der Waals surface area contributed by atoms with E-state index >= 15 is 0 Å². The van der Waals surface area contributed by atoms with Gasteiger partial charge in [0, 0.05) is 50.3 Å². The maximum atomic E-state index is 4.48. The van der Waals surface area contributed by atoms with Gasteiger partial charge in [-0.3, -0.25) is 19.8 Å². The van der Waals surface area contributed by atoms with Crippen LogP contribution in [0.3, 0.4) is 0 Å². The van der Waals surface area contributed by atoms with E-state index in [4.69, 9.17) is 0 Å². The molecule has 1 fully saturated rings. The molecule has 4 rings (SSSR count). The monoisotopic (exact) mass is 358 g/mol. The highest BCUT2D eigenvalue weighted by molar-refractivity contribution is 5.59. The van der Waals surface area contributed by atoms with E-state index in [0.717, 1.165) is 45.0 Å². The van der Waals surface area contributed by atoms with Crippen molar-refractivity contribution in [3.05, 3.63) is 84.3 Å². The largest absolute Gasteiger partial charge is 0.298 e. The van der Waals surface area contributed by atoms with Gasteiger partial charge in [-0.2, -0.15) is 0 Å². The van der Waals surface area contributed by atoms with Crippen LogP contribution in [0.25, 0.3) is 11.3 Å². The summed E-state index contributed by atoms with van der Waals surface area (Å²) in [6, 6.07) is 19.1. The predicted molar refractivity (Wildman–Crippen MR) is 109 cm³/mol. The van der Waals surface area contributed by atoms with Gasteiger partial charge in [-0.05, 0) is 54.9 Å². The van der Waals surface area contributed by atoms with E-state index in [1.807, 2.05) is 36.8 Å². The summed E-state index contributed by atoms with van der Waals surface area (Å²) in [7, 11) is 0. The lowest BCUT2D eigenvalue weighted by Crippen LogP contribution is -2.30. The quantitative estimate of drug-likeness (QED) is 0.693. The van der Waals surface area contributed by atoms with Gasteiger partial charge in [0.25, 0.3) is 0 Å². The molecule has 27 heavy (non-hydrogen) atoms. The third-order valence-electron chi connectivity index (χ3n) is 5.10. The van der Waals surface area contributed by atoms with Crippen LogP contribution in [-0.4, -0.2) is 45.9 Å². The molecule has 0 radical (unpaired) electrons. The summed E-state index contributed by atoms with van der Waals surface area (Å²) in [5, 5.41) is 0. The van der Waals surface area contributed by atoms with Crippen LogP contribution in [0.4, 0.5) is 0 Å². The third kappa shape index (κ3) is 5.00. The first-order chi connectivity index (χ1) is 13.4. The molecule has 0 aliphatic carbocycles. The first-order valence-electron chi connectivity index (χ1n) is 9.71. The Morgan fingerprint density at radius 2 is 1.56 bits per heavy atom. The van der Waals surface area contributed by atoms with Crippen LogP contribution in [0.2, 0.25) is 0 Å². The molecule has 1 aromatic carbocycles. The first kappa shape index (κ1) is 17.8. The summed E-state index contributed by atoms with van der Waals surface area (Å²) in [4.78, 5) is 13.8. The Balaban J connectivity index is 1.36. The summed E-state index contributed by atoms with van der Waals surface area (Å²) >= 11 is 0. The maximum absolute atomic E-state index is 4.48. The van der Waals surface area contributed by atoms with Crippen LogP contribution in [0.5, 0.6) is 0 Å². The van der Waals surface area contributed by atoms with Crippen LogP contribution >= 0.6 is 0 Å². The molecule has 0 spiro atoms. The van der Waals surface area contributed by atoms with E-state index in [0.29, 0.717) is 0 Å². The number of nitrogens with zero attached hydrogens (tertiary/aromatic N) is 4. The number of benzene rings is 1. The van der Waals surface area contributed by atoms with Gasteiger partial charge >= 0.3 is 0 Å². The predicted octanol–water partition coefficient (Wildman–Crippen LogP) is 3.85. The Hall–Kier alpha value is -2.56. The molecule has 1 aliphatic heterocycles. The number of hydrogen-bond donors (Lipinski definition) is 0. The summed E-state index contributed by atoms with van der Waals surface area (Å²) in [5.74, 6) is 0. The van der Waals surface area contributed by atoms with Crippen LogP contribution in [0.15, 0.2) is 73.2 Å². The molecule has 3 aromatic rings. The smallest absolute Gasteiger partial charge is 0.0702 e.